The number of hydrogen-bond acceptors (Lipinski definition) is 2. The average molecular weight is 100 g/mol. The van der Waals surface area contributed by atoms with Crippen molar-refractivity contribution in [2.24, 2.45) is 5.73 Å². The van der Waals surface area contributed by atoms with Gasteiger partial charge in [0.2, 0.25) is 0 Å². The standard InChI is InChI=1S/C5H10NO/c6-4-5(7)2-1-3-5/h1,7H,2-4,6H2. The van der Waals surface area contributed by atoms with Gasteiger partial charge in [0.1, 0.15) is 0 Å². The summed E-state index contributed by atoms with van der Waals surface area (Å²) in [5.74, 6) is 0. The van der Waals surface area contributed by atoms with Gasteiger partial charge in [0.15, 0.2) is 0 Å². The van der Waals surface area contributed by atoms with Crippen LogP contribution >= 0.6 is 0 Å². The Kier molecular flexibility index (Phi) is 1.05. The minimum absolute atomic E-state index is 0.406. The molecule has 0 amide bonds. The van der Waals surface area contributed by atoms with E-state index in [0.29, 0.717) is 6.54 Å². The lowest BCUT2D eigenvalue weighted by molar-refractivity contribution is 0.00840. The van der Waals surface area contributed by atoms with Gasteiger partial charge in [0.25, 0.3) is 0 Å². The maximum absolute atomic E-state index is 9.06. The molecular weight excluding hydrogens is 90.1 g/mol. The maximum atomic E-state index is 9.06. The smallest absolute Gasteiger partial charge is 0.0774 e. The molecule has 0 spiro atoms. The molecule has 1 radical (unpaired) electrons. The molecule has 7 heavy (non-hydrogen) atoms. The Morgan fingerprint density at radius 2 is 2.29 bits per heavy atom. The van der Waals surface area contributed by atoms with Crippen molar-refractivity contribution in [3.63, 3.8) is 0 Å². The van der Waals surface area contributed by atoms with Gasteiger partial charge in [-0.1, -0.05) is 0 Å². The first kappa shape index (κ1) is 5.06. The molecule has 1 saturated carbocycles. The molecule has 3 N–H and O–H groups in total. The monoisotopic (exact) mass is 100 g/mol. The molecule has 0 aromatic rings. The Balaban J connectivity index is 2.29. The predicted octanol–water partition coefficient (Wildman–Crippen LogP) is -0.326. The molecule has 0 aromatic carbocycles. The van der Waals surface area contributed by atoms with Crippen LogP contribution in [0.4, 0.5) is 0 Å². The van der Waals surface area contributed by atoms with Crippen molar-refractivity contribution in [1.29, 1.82) is 0 Å². The summed E-state index contributed by atoms with van der Waals surface area (Å²) < 4.78 is 0. The molecule has 1 aliphatic rings. The summed E-state index contributed by atoms with van der Waals surface area (Å²) in [5.41, 5.74) is 4.68. The summed E-state index contributed by atoms with van der Waals surface area (Å²) >= 11 is 0. The Bertz CT molecular complexity index is 63.0. The van der Waals surface area contributed by atoms with Gasteiger partial charge >= 0.3 is 0 Å². The molecule has 0 saturated heterocycles. The fourth-order valence-electron chi connectivity index (χ4n) is 0.644. The van der Waals surface area contributed by atoms with Crippen LogP contribution in [-0.2, 0) is 0 Å². The molecule has 0 aliphatic heterocycles. The van der Waals surface area contributed by atoms with Crippen molar-refractivity contribution in [3.05, 3.63) is 6.42 Å². The summed E-state index contributed by atoms with van der Waals surface area (Å²) in [5, 5.41) is 9.06. The lowest BCUT2D eigenvalue weighted by atomic mass is 9.81. The van der Waals surface area contributed by atoms with E-state index in [1.807, 2.05) is 6.42 Å². The second-order valence-corrected chi connectivity index (χ2v) is 2.13. The predicted molar refractivity (Wildman–Crippen MR) is 27.5 cm³/mol. The third-order valence-corrected chi connectivity index (χ3v) is 1.43. The highest BCUT2D eigenvalue weighted by atomic mass is 16.3. The van der Waals surface area contributed by atoms with Gasteiger partial charge in [0.05, 0.1) is 5.60 Å². The first-order valence-corrected chi connectivity index (χ1v) is 2.51. The van der Waals surface area contributed by atoms with Crippen LogP contribution in [0.1, 0.15) is 12.8 Å². The van der Waals surface area contributed by atoms with Crippen molar-refractivity contribution in [2.45, 2.75) is 18.4 Å². The number of nitrogens with two attached hydrogens (primary N) is 1. The van der Waals surface area contributed by atoms with Gasteiger partial charge in [-0.25, -0.2) is 0 Å². The van der Waals surface area contributed by atoms with Crippen LogP contribution in [0.5, 0.6) is 0 Å². The first-order chi connectivity index (χ1) is 3.27. The number of aliphatic hydroxyl groups is 1. The van der Waals surface area contributed by atoms with Gasteiger partial charge in [-0.05, 0) is 19.3 Å². The summed E-state index contributed by atoms with van der Waals surface area (Å²) in [4.78, 5) is 0. The molecule has 0 unspecified atom stereocenters. The van der Waals surface area contributed by atoms with Crippen LogP contribution < -0.4 is 5.73 Å². The molecule has 41 valence electrons. The van der Waals surface area contributed by atoms with Crippen molar-refractivity contribution in [3.8, 4) is 0 Å². The van der Waals surface area contributed by atoms with E-state index >= 15 is 0 Å². The quantitative estimate of drug-likeness (QED) is 0.474. The summed E-state index contributed by atoms with van der Waals surface area (Å²) in [6.45, 7) is 0.406. The molecule has 1 fully saturated rings. The Morgan fingerprint density at radius 1 is 1.71 bits per heavy atom. The lowest BCUT2D eigenvalue weighted by Crippen LogP contribution is -2.44. The van der Waals surface area contributed by atoms with E-state index < -0.39 is 5.60 Å². The third-order valence-electron chi connectivity index (χ3n) is 1.43. The first-order valence-electron chi connectivity index (χ1n) is 2.51. The van der Waals surface area contributed by atoms with Gasteiger partial charge < -0.3 is 10.8 Å². The second kappa shape index (κ2) is 1.46. The van der Waals surface area contributed by atoms with Crippen LogP contribution in [0.15, 0.2) is 0 Å². The largest absolute Gasteiger partial charge is 0.389 e. The fourth-order valence-corrected chi connectivity index (χ4v) is 0.644. The topological polar surface area (TPSA) is 46.2 Å². The number of rotatable bonds is 1. The van der Waals surface area contributed by atoms with E-state index in [1.165, 1.54) is 0 Å². The zero-order valence-corrected chi connectivity index (χ0v) is 4.22. The van der Waals surface area contributed by atoms with E-state index in [2.05, 4.69) is 0 Å². The Labute approximate surface area is 43.3 Å². The summed E-state index contributed by atoms with van der Waals surface area (Å²) in [6.07, 6.45) is 3.60. The zero-order valence-electron chi connectivity index (χ0n) is 4.22. The van der Waals surface area contributed by atoms with E-state index in [1.54, 1.807) is 0 Å². The van der Waals surface area contributed by atoms with Crippen LogP contribution in [-0.4, -0.2) is 17.3 Å². The third kappa shape index (κ3) is 0.763. The molecule has 2 nitrogen and oxygen atoms in total. The van der Waals surface area contributed by atoms with Gasteiger partial charge in [-0.15, -0.1) is 0 Å². The van der Waals surface area contributed by atoms with Crippen molar-refractivity contribution < 1.29 is 5.11 Å². The van der Waals surface area contributed by atoms with Crippen LogP contribution in [0.3, 0.4) is 0 Å². The molecule has 2 heteroatoms. The molecule has 0 bridgehead atoms. The second-order valence-electron chi connectivity index (χ2n) is 2.13. The van der Waals surface area contributed by atoms with Gasteiger partial charge in [-0.3, -0.25) is 0 Å². The Hall–Kier alpha value is -0.0800. The van der Waals surface area contributed by atoms with Crippen molar-refractivity contribution >= 4 is 0 Å². The van der Waals surface area contributed by atoms with Gasteiger partial charge in [-0.2, -0.15) is 0 Å². The van der Waals surface area contributed by atoms with Crippen molar-refractivity contribution in [1.82, 2.24) is 0 Å². The fraction of sp³-hybridized carbons (Fsp3) is 0.800. The molecule has 1 rings (SSSR count). The molecule has 1 aliphatic carbocycles. The molecule has 0 heterocycles. The molecule has 0 atom stereocenters. The maximum Gasteiger partial charge on any atom is 0.0774 e. The molecule has 0 aromatic heterocycles. The molecular formula is C5H10NO. The summed E-state index contributed by atoms with van der Waals surface area (Å²) in [6, 6.07) is 0. The lowest BCUT2D eigenvalue weighted by Gasteiger charge is -2.34. The Morgan fingerprint density at radius 3 is 2.29 bits per heavy atom. The normalized spacial score (nSPS) is 26.6. The highest BCUT2D eigenvalue weighted by Gasteiger charge is 2.32. The van der Waals surface area contributed by atoms with E-state index in [-0.39, 0.29) is 0 Å². The highest BCUT2D eigenvalue weighted by Crippen LogP contribution is 2.28. The summed E-state index contributed by atoms with van der Waals surface area (Å²) in [7, 11) is 0. The van der Waals surface area contributed by atoms with E-state index in [9.17, 15) is 0 Å². The van der Waals surface area contributed by atoms with E-state index in [0.717, 1.165) is 12.8 Å². The van der Waals surface area contributed by atoms with Crippen molar-refractivity contribution in [2.75, 3.05) is 6.54 Å². The van der Waals surface area contributed by atoms with Crippen LogP contribution in [0.25, 0.3) is 0 Å². The van der Waals surface area contributed by atoms with Crippen LogP contribution in [0, 0.1) is 6.42 Å². The average Bonchev–Trinajstić information content (AvgIpc) is 1.61. The SMILES string of the molecule is NCC1(O)C[CH]C1. The van der Waals surface area contributed by atoms with Crippen LogP contribution in [0.2, 0.25) is 0 Å². The minimum Gasteiger partial charge on any atom is -0.389 e. The van der Waals surface area contributed by atoms with E-state index in [4.69, 9.17) is 10.8 Å². The minimum atomic E-state index is -0.514. The highest BCUT2D eigenvalue weighted by molar-refractivity contribution is 4.99. The zero-order chi connectivity index (χ0) is 5.33. The number of hydrogen-bond donors (Lipinski definition) is 2. The van der Waals surface area contributed by atoms with Gasteiger partial charge in [0, 0.05) is 6.54 Å².